The van der Waals surface area contributed by atoms with Gasteiger partial charge in [-0.2, -0.15) is 0 Å². The molecule has 0 bridgehead atoms. The second-order valence-corrected chi connectivity index (χ2v) is 22.2. The Morgan fingerprint density at radius 1 is 0.286 bits per heavy atom. The Morgan fingerprint density at radius 3 is 1.27 bits per heavy atom. The van der Waals surface area contributed by atoms with Gasteiger partial charge in [-0.05, 0) is 98.4 Å². The molecular weight excluding hydrogens is 1060 g/mol. The summed E-state index contributed by atoms with van der Waals surface area (Å²) < 4.78 is 0. The van der Waals surface area contributed by atoms with Crippen LogP contribution in [0, 0.1) is 12.1 Å². The van der Waals surface area contributed by atoms with Gasteiger partial charge in [0.15, 0.2) is 0 Å². The van der Waals surface area contributed by atoms with Gasteiger partial charge in [0.25, 0.3) is 0 Å². The molecule has 0 nitrogen and oxygen atoms in total. The van der Waals surface area contributed by atoms with E-state index in [9.17, 15) is 0 Å². The van der Waals surface area contributed by atoms with Crippen molar-refractivity contribution in [3.63, 3.8) is 0 Å². The van der Waals surface area contributed by atoms with Gasteiger partial charge in [-0.25, -0.2) is 0 Å². The molecule has 13 aromatic carbocycles. The summed E-state index contributed by atoms with van der Waals surface area (Å²) in [4.78, 5) is 0. The van der Waals surface area contributed by atoms with Gasteiger partial charge in [-0.15, -0.1) is 57.9 Å². The van der Waals surface area contributed by atoms with Crippen LogP contribution in [0.25, 0.3) is 75.8 Å². The zero-order valence-electron chi connectivity index (χ0n) is 38.2. The molecule has 0 aromatic heterocycles. The van der Waals surface area contributed by atoms with Gasteiger partial charge < -0.3 is 0 Å². The maximum Gasteiger partial charge on any atom is 2.00 e. The maximum absolute atomic E-state index is 3.72. The zero-order valence-corrected chi connectivity index (χ0v) is 42.2. The van der Waals surface area contributed by atoms with E-state index in [-0.39, 0.29) is 21.1 Å². The summed E-state index contributed by atoms with van der Waals surface area (Å²) >= 11 is 0. The fourth-order valence-corrected chi connectivity index (χ4v) is 15.6. The second-order valence-electron chi connectivity index (χ2n) is 17.8. The molecule has 332 valence electrons. The van der Waals surface area contributed by atoms with E-state index in [1.165, 1.54) is 119 Å². The molecule has 0 fully saturated rings. The summed E-state index contributed by atoms with van der Waals surface area (Å²) in [7, 11) is -0.892. The third-order valence-corrected chi connectivity index (χ3v) is 18.7. The van der Waals surface area contributed by atoms with Gasteiger partial charge in [0.1, 0.15) is 0 Å². The average molecular weight is 1110 g/mol. The molecule has 0 saturated heterocycles. The zero-order chi connectivity index (χ0) is 45.7. The van der Waals surface area contributed by atoms with Gasteiger partial charge in [0.05, 0.1) is 0 Å². The van der Waals surface area contributed by atoms with Crippen LogP contribution in [0.3, 0.4) is 0 Å². The summed E-state index contributed by atoms with van der Waals surface area (Å²) in [5.41, 5.74) is 5.64. The van der Waals surface area contributed by atoms with E-state index in [1.807, 2.05) is 0 Å². The number of hydrogen-bond donors (Lipinski definition) is 0. The Morgan fingerprint density at radius 2 is 0.757 bits per heavy atom. The van der Waals surface area contributed by atoms with Crippen molar-refractivity contribution in [2.45, 2.75) is 6.42 Å². The summed E-state index contributed by atoms with van der Waals surface area (Å²) in [6.45, 7) is 0. The van der Waals surface area contributed by atoms with Crippen LogP contribution in [0.5, 0.6) is 0 Å². The molecule has 0 radical (unpaired) electrons. The van der Waals surface area contributed by atoms with Crippen LogP contribution in [0.4, 0.5) is 0 Å². The molecule has 3 heteroatoms. The van der Waals surface area contributed by atoms with Crippen molar-refractivity contribution >= 4 is 112 Å². The Kier molecular flexibility index (Phi) is 12.0. The smallest absolute Gasteiger partial charge is 0.147 e. The van der Waals surface area contributed by atoms with Crippen LogP contribution in [0.1, 0.15) is 11.1 Å². The summed E-state index contributed by atoms with van der Waals surface area (Å²) in [5.74, 6) is 0. The molecule has 0 aliphatic heterocycles. The van der Waals surface area contributed by atoms with E-state index in [2.05, 4.69) is 267 Å². The van der Waals surface area contributed by atoms with Crippen molar-refractivity contribution in [2.24, 2.45) is 0 Å². The maximum atomic E-state index is 3.72. The standard InChI is InChI=1S/C31H14.2C18H15P.Pt/c1-2-9-21-17(5-1)13-20-14-18-7-3-8-19-15-24-22-10-4-6-16-11-12-23-28(21)27(20)31(25(18)19)30(24)29(23)26(16)22;2*1-4-10-16(11-5-1)19(17-12-6-2-7-13-17)18-14-8-3-9-15-18;/h1-8,10-11,13,15H,14H2;2*1-15H;/q-2;;;+2. The molecule has 0 spiro atoms. The predicted octanol–water partition coefficient (Wildman–Crippen LogP) is 15.0. The second kappa shape index (κ2) is 19.0. The summed E-state index contributed by atoms with van der Waals surface area (Å²) in [5, 5.41) is 24.7. The minimum atomic E-state index is -0.446. The van der Waals surface area contributed by atoms with E-state index in [0.717, 1.165) is 6.42 Å². The minimum absolute atomic E-state index is 0. The van der Waals surface area contributed by atoms with E-state index in [4.69, 9.17) is 0 Å². The Bertz CT molecular complexity index is 3710. The Balaban J connectivity index is 0.000000114. The number of rotatable bonds is 6. The topological polar surface area (TPSA) is 0 Å². The van der Waals surface area contributed by atoms with Crippen molar-refractivity contribution in [3.8, 4) is 11.1 Å². The van der Waals surface area contributed by atoms with Gasteiger partial charge in [-0.3, -0.25) is 0 Å². The van der Waals surface area contributed by atoms with Crippen molar-refractivity contribution in [3.05, 3.63) is 278 Å². The molecule has 70 heavy (non-hydrogen) atoms. The normalized spacial score (nSPS) is 11.8. The molecule has 13 aromatic rings. The van der Waals surface area contributed by atoms with Crippen molar-refractivity contribution in [1.82, 2.24) is 0 Å². The van der Waals surface area contributed by atoms with Crippen LogP contribution in [-0.4, -0.2) is 0 Å². The van der Waals surface area contributed by atoms with Crippen molar-refractivity contribution < 1.29 is 21.1 Å². The van der Waals surface area contributed by atoms with Crippen LogP contribution in [0.2, 0.25) is 0 Å². The molecule has 2 aliphatic carbocycles. The predicted molar refractivity (Wildman–Crippen MR) is 301 cm³/mol. The number of benzene rings is 13. The van der Waals surface area contributed by atoms with Gasteiger partial charge >= 0.3 is 21.1 Å². The quantitative estimate of drug-likeness (QED) is 0.0884. The summed E-state index contributed by atoms with van der Waals surface area (Å²) in [6, 6.07) is 98.9. The number of hydrogen-bond acceptors (Lipinski definition) is 0. The molecule has 0 heterocycles. The largest absolute Gasteiger partial charge is 2.00 e. The minimum Gasteiger partial charge on any atom is -0.147 e. The Hall–Kier alpha value is -7.03. The van der Waals surface area contributed by atoms with Gasteiger partial charge in [0, 0.05) is 0 Å². The van der Waals surface area contributed by atoms with Gasteiger partial charge in [-0.1, -0.05) is 252 Å². The average Bonchev–Trinajstić information content (AvgIpc) is 3.76. The molecule has 0 unspecified atom stereocenters. The van der Waals surface area contributed by atoms with Crippen LogP contribution in [-0.2, 0) is 27.5 Å². The monoisotopic (exact) mass is 1110 g/mol. The fourth-order valence-electron chi connectivity index (χ4n) is 11.0. The van der Waals surface area contributed by atoms with E-state index in [0.29, 0.717) is 0 Å². The van der Waals surface area contributed by atoms with Crippen LogP contribution >= 0.6 is 15.8 Å². The first kappa shape index (κ1) is 44.2. The molecule has 0 N–H and O–H groups in total. The van der Waals surface area contributed by atoms with Crippen molar-refractivity contribution in [1.29, 1.82) is 0 Å². The molecule has 0 saturated carbocycles. The molecule has 0 atom stereocenters. The van der Waals surface area contributed by atoms with E-state index < -0.39 is 15.8 Å². The summed E-state index contributed by atoms with van der Waals surface area (Å²) in [6.07, 6.45) is 0.987. The third kappa shape index (κ3) is 7.68. The molecule has 2 aliphatic rings. The van der Waals surface area contributed by atoms with Crippen LogP contribution < -0.4 is 31.8 Å². The van der Waals surface area contributed by atoms with E-state index in [1.54, 1.807) is 0 Å². The van der Waals surface area contributed by atoms with Crippen LogP contribution in [0.15, 0.2) is 255 Å². The first-order valence-electron chi connectivity index (χ1n) is 23.7. The number of fused-ring (bicyclic) bond motifs is 4. The van der Waals surface area contributed by atoms with Crippen molar-refractivity contribution in [2.75, 3.05) is 0 Å². The first-order valence-corrected chi connectivity index (χ1v) is 26.4. The van der Waals surface area contributed by atoms with Gasteiger partial charge in [0.2, 0.25) is 0 Å². The third-order valence-electron chi connectivity index (χ3n) is 13.8. The fraction of sp³-hybridized carbons (Fsp3) is 0.0149. The van der Waals surface area contributed by atoms with E-state index >= 15 is 0 Å². The molecule has 15 rings (SSSR count). The molecular formula is C67H44P2Pt. The first-order chi connectivity index (χ1) is 34.3. The Labute approximate surface area is 426 Å². The molecule has 0 amide bonds. The SMILES string of the molecule is [Pt+2].[c-]1cccc2cc3c4c(c12)c1[c-]cc2cccc5c2c1c1c-5cc2cccc(c2c41)C3.c1ccc(P(c2ccccc2)c2ccccc2)cc1.c1ccc(P(c2ccccc2)c2ccccc2)cc1.